The molecule has 3 rings (SSSR count). The van der Waals surface area contributed by atoms with Crippen molar-refractivity contribution in [2.75, 3.05) is 24.3 Å². The van der Waals surface area contributed by atoms with Crippen LogP contribution in [0.15, 0.2) is 60.9 Å². The van der Waals surface area contributed by atoms with Gasteiger partial charge in [-0.1, -0.05) is 12.1 Å². The van der Waals surface area contributed by atoms with Crippen molar-refractivity contribution in [2.45, 2.75) is 6.54 Å². The summed E-state index contributed by atoms with van der Waals surface area (Å²) in [5.74, 6) is -0.193. The number of nitrogens with zero attached hydrogens (tertiary/aromatic N) is 3. The number of carbonyl (C=O) groups excluding carboxylic acids is 1. The van der Waals surface area contributed by atoms with Crippen LogP contribution in [0.3, 0.4) is 0 Å². The molecule has 138 valence electrons. The van der Waals surface area contributed by atoms with Crippen LogP contribution in [0.5, 0.6) is 0 Å². The number of rotatable bonds is 6. The molecule has 0 saturated heterocycles. The van der Waals surface area contributed by atoms with Gasteiger partial charge >= 0.3 is 0 Å². The van der Waals surface area contributed by atoms with Crippen LogP contribution in [0, 0.1) is 5.82 Å². The molecule has 0 unspecified atom stereocenters. The van der Waals surface area contributed by atoms with Gasteiger partial charge in [-0.15, -0.1) is 0 Å². The van der Waals surface area contributed by atoms with Crippen LogP contribution in [0.4, 0.5) is 21.7 Å². The zero-order valence-electron chi connectivity index (χ0n) is 15.1. The fourth-order valence-electron chi connectivity index (χ4n) is 2.37. The van der Waals surface area contributed by atoms with Gasteiger partial charge < -0.3 is 15.5 Å². The maximum Gasteiger partial charge on any atom is 0.254 e. The maximum absolute atomic E-state index is 12.9. The van der Waals surface area contributed by atoms with Gasteiger partial charge in [-0.2, -0.15) is 0 Å². The number of hydrogen-bond donors (Lipinski definition) is 2. The van der Waals surface area contributed by atoms with Crippen molar-refractivity contribution in [1.29, 1.82) is 0 Å². The van der Waals surface area contributed by atoms with Gasteiger partial charge in [0.2, 0.25) is 5.95 Å². The SMILES string of the molecule is CN(C)c1ccc(Nc2ncc(C(=O)NCc3ccc(F)cc3)cn2)cc1. The number of nitrogens with one attached hydrogen (secondary N) is 2. The van der Waals surface area contributed by atoms with Crippen molar-refractivity contribution in [1.82, 2.24) is 15.3 Å². The molecule has 0 aliphatic heterocycles. The van der Waals surface area contributed by atoms with E-state index in [1.54, 1.807) is 12.1 Å². The average Bonchev–Trinajstić information content (AvgIpc) is 2.68. The highest BCUT2D eigenvalue weighted by Crippen LogP contribution is 2.18. The van der Waals surface area contributed by atoms with Crippen LogP contribution < -0.4 is 15.5 Å². The second kappa shape index (κ2) is 8.27. The lowest BCUT2D eigenvalue weighted by atomic mass is 10.2. The summed E-state index contributed by atoms with van der Waals surface area (Å²) in [4.78, 5) is 22.5. The molecule has 1 heterocycles. The Balaban J connectivity index is 1.57. The minimum atomic E-state index is -0.307. The second-order valence-corrected chi connectivity index (χ2v) is 6.17. The summed E-state index contributed by atoms with van der Waals surface area (Å²) < 4.78 is 12.9. The molecule has 0 radical (unpaired) electrons. The summed E-state index contributed by atoms with van der Waals surface area (Å²) in [5.41, 5.74) is 3.11. The van der Waals surface area contributed by atoms with E-state index in [9.17, 15) is 9.18 Å². The van der Waals surface area contributed by atoms with Gasteiger partial charge in [0.15, 0.2) is 0 Å². The first-order valence-electron chi connectivity index (χ1n) is 8.40. The molecule has 2 aromatic carbocycles. The molecule has 1 amide bonds. The van der Waals surface area contributed by atoms with Gasteiger partial charge in [0.1, 0.15) is 5.82 Å². The van der Waals surface area contributed by atoms with Gasteiger partial charge in [-0.25, -0.2) is 14.4 Å². The Bertz CT molecular complexity index is 893. The van der Waals surface area contributed by atoms with Crippen LogP contribution >= 0.6 is 0 Å². The van der Waals surface area contributed by atoms with E-state index < -0.39 is 0 Å². The Morgan fingerprint density at radius 3 is 2.22 bits per heavy atom. The molecule has 0 atom stereocenters. The van der Waals surface area contributed by atoms with E-state index in [1.807, 2.05) is 43.3 Å². The van der Waals surface area contributed by atoms with Gasteiger partial charge in [0, 0.05) is 44.4 Å². The third kappa shape index (κ3) is 5.01. The molecule has 0 bridgehead atoms. The highest BCUT2D eigenvalue weighted by Gasteiger charge is 2.07. The first kappa shape index (κ1) is 18.3. The zero-order chi connectivity index (χ0) is 19.2. The van der Waals surface area contributed by atoms with E-state index in [0.717, 1.165) is 16.9 Å². The average molecular weight is 365 g/mol. The monoisotopic (exact) mass is 365 g/mol. The van der Waals surface area contributed by atoms with E-state index in [-0.39, 0.29) is 11.7 Å². The first-order valence-corrected chi connectivity index (χ1v) is 8.40. The van der Waals surface area contributed by atoms with Crippen molar-refractivity contribution in [2.24, 2.45) is 0 Å². The number of amides is 1. The molecular formula is C20H20FN5O. The quantitative estimate of drug-likeness (QED) is 0.701. The van der Waals surface area contributed by atoms with Crippen molar-refractivity contribution in [3.05, 3.63) is 77.9 Å². The Hall–Kier alpha value is -3.48. The van der Waals surface area contributed by atoms with Gasteiger partial charge in [0.25, 0.3) is 5.91 Å². The Morgan fingerprint density at radius 1 is 1.00 bits per heavy atom. The topological polar surface area (TPSA) is 70.2 Å². The number of halogens is 1. The molecule has 0 saturated carbocycles. The molecule has 0 aliphatic rings. The fourth-order valence-corrected chi connectivity index (χ4v) is 2.37. The van der Waals surface area contributed by atoms with E-state index >= 15 is 0 Å². The standard InChI is InChI=1S/C20H20FN5O/c1-26(2)18-9-7-17(8-10-18)25-20-23-12-15(13-24-20)19(27)22-11-14-3-5-16(21)6-4-14/h3-10,12-13H,11H2,1-2H3,(H,22,27)(H,23,24,25). The van der Waals surface area contributed by atoms with Gasteiger partial charge in [0.05, 0.1) is 5.56 Å². The molecular weight excluding hydrogens is 345 g/mol. The number of hydrogen-bond acceptors (Lipinski definition) is 5. The summed E-state index contributed by atoms with van der Waals surface area (Å²) in [6.45, 7) is 0.303. The summed E-state index contributed by atoms with van der Waals surface area (Å²) in [6.07, 6.45) is 2.92. The lowest BCUT2D eigenvalue weighted by Crippen LogP contribution is -2.23. The second-order valence-electron chi connectivity index (χ2n) is 6.17. The predicted molar refractivity (Wildman–Crippen MR) is 104 cm³/mol. The molecule has 3 aromatic rings. The smallest absolute Gasteiger partial charge is 0.254 e. The molecule has 2 N–H and O–H groups in total. The molecule has 1 aromatic heterocycles. The minimum Gasteiger partial charge on any atom is -0.378 e. The molecule has 27 heavy (non-hydrogen) atoms. The maximum atomic E-state index is 12.9. The van der Waals surface area contributed by atoms with Gasteiger partial charge in [-0.05, 0) is 42.0 Å². The molecule has 0 fully saturated rings. The lowest BCUT2D eigenvalue weighted by molar-refractivity contribution is 0.0950. The minimum absolute atomic E-state index is 0.291. The van der Waals surface area contributed by atoms with E-state index in [4.69, 9.17) is 0 Å². The van der Waals surface area contributed by atoms with Crippen LogP contribution in [0.1, 0.15) is 15.9 Å². The van der Waals surface area contributed by atoms with Crippen LogP contribution in [0.2, 0.25) is 0 Å². The predicted octanol–water partition coefficient (Wildman–Crippen LogP) is 3.36. The third-order valence-corrected chi connectivity index (χ3v) is 3.92. The van der Waals surface area contributed by atoms with E-state index in [2.05, 4.69) is 20.6 Å². The van der Waals surface area contributed by atoms with E-state index in [0.29, 0.717) is 18.1 Å². The third-order valence-electron chi connectivity index (χ3n) is 3.92. The largest absolute Gasteiger partial charge is 0.378 e. The van der Waals surface area contributed by atoms with E-state index in [1.165, 1.54) is 24.5 Å². The molecule has 0 aliphatic carbocycles. The van der Waals surface area contributed by atoms with Crippen LogP contribution in [-0.4, -0.2) is 30.0 Å². The summed E-state index contributed by atoms with van der Waals surface area (Å²) >= 11 is 0. The number of benzene rings is 2. The Labute approximate surface area is 157 Å². The number of anilines is 3. The number of aromatic nitrogens is 2. The Kier molecular flexibility index (Phi) is 5.61. The lowest BCUT2D eigenvalue weighted by Gasteiger charge is -2.13. The zero-order valence-corrected chi connectivity index (χ0v) is 15.1. The highest BCUT2D eigenvalue weighted by molar-refractivity contribution is 5.93. The summed E-state index contributed by atoms with van der Waals surface area (Å²) in [5, 5.41) is 5.85. The van der Waals surface area contributed by atoms with Crippen molar-refractivity contribution >= 4 is 23.2 Å². The fraction of sp³-hybridized carbons (Fsp3) is 0.150. The van der Waals surface area contributed by atoms with Crippen molar-refractivity contribution in [3.63, 3.8) is 0 Å². The van der Waals surface area contributed by atoms with Crippen LogP contribution in [-0.2, 0) is 6.54 Å². The summed E-state index contributed by atoms with van der Waals surface area (Å²) in [7, 11) is 3.96. The van der Waals surface area contributed by atoms with Crippen LogP contribution in [0.25, 0.3) is 0 Å². The highest BCUT2D eigenvalue weighted by atomic mass is 19.1. The van der Waals surface area contributed by atoms with Crippen molar-refractivity contribution in [3.8, 4) is 0 Å². The molecule has 0 spiro atoms. The Morgan fingerprint density at radius 2 is 1.63 bits per heavy atom. The normalized spacial score (nSPS) is 10.3. The summed E-state index contributed by atoms with van der Waals surface area (Å²) in [6, 6.07) is 13.8. The van der Waals surface area contributed by atoms with Gasteiger partial charge in [-0.3, -0.25) is 4.79 Å². The van der Waals surface area contributed by atoms with Crippen molar-refractivity contribution < 1.29 is 9.18 Å². The molecule has 6 nitrogen and oxygen atoms in total. The number of carbonyl (C=O) groups is 1. The molecule has 7 heteroatoms. The first-order chi connectivity index (χ1) is 13.0.